The summed E-state index contributed by atoms with van der Waals surface area (Å²) < 4.78 is 1.05. The molecule has 18 heavy (non-hydrogen) atoms. The number of rotatable bonds is 4. The van der Waals surface area contributed by atoms with Crippen molar-refractivity contribution in [3.05, 3.63) is 33.4 Å². The second kappa shape index (κ2) is 5.69. The number of likely N-dealkylation sites (N-methyl/N-ethyl adjacent to an activating group) is 1. The van der Waals surface area contributed by atoms with E-state index in [1.165, 1.54) is 25.8 Å². The van der Waals surface area contributed by atoms with Crippen LogP contribution in [-0.4, -0.2) is 34.5 Å². The Morgan fingerprint density at radius 1 is 1.39 bits per heavy atom. The first kappa shape index (κ1) is 14.9. The summed E-state index contributed by atoms with van der Waals surface area (Å²) >= 11 is 2.18. The summed E-state index contributed by atoms with van der Waals surface area (Å²) in [5.41, 5.74) is -0.307. The second-order valence-corrected chi connectivity index (χ2v) is 5.87. The highest BCUT2D eigenvalue weighted by Crippen LogP contribution is 2.15. The molecule has 0 spiro atoms. The zero-order valence-corrected chi connectivity index (χ0v) is 12.8. The third kappa shape index (κ3) is 3.44. The molecule has 0 aromatic heterocycles. The van der Waals surface area contributed by atoms with E-state index in [-0.39, 0.29) is 12.3 Å². The van der Waals surface area contributed by atoms with E-state index < -0.39 is 11.5 Å². The Labute approximate surface area is 120 Å². The van der Waals surface area contributed by atoms with Crippen molar-refractivity contribution in [2.24, 2.45) is 0 Å². The first-order chi connectivity index (χ1) is 8.25. The minimum absolute atomic E-state index is 0.204. The molecule has 0 radical (unpaired) electrons. The third-order valence-corrected chi connectivity index (χ3v) is 3.65. The van der Waals surface area contributed by atoms with Crippen molar-refractivity contribution in [1.82, 2.24) is 4.90 Å². The van der Waals surface area contributed by atoms with Gasteiger partial charge in [0.15, 0.2) is 0 Å². The molecule has 0 saturated carbocycles. The molecular formula is C13H16INO3. The van der Waals surface area contributed by atoms with E-state index >= 15 is 0 Å². The Balaban J connectivity index is 2.80. The molecule has 0 atom stereocenters. The summed E-state index contributed by atoms with van der Waals surface area (Å²) in [5, 5.41) is 9.08. The van der Waals surface area contributed by atoms with Gasteiger partial charge in [-0.3, -0.25) is 4.79 Å². The minimum atomic E-state index is -1.20. The summed E-state index contributed by atoms with van der Waals surface area (Å²) in [7, 11) is 1.52. The molecule has 1 aromatic carbocycles. The third-order valence-electron chi connectivity index (χ3n) is 2.98. The molecular weight excluding hydrogens is 345 g/mol. The van der Waals surface area contributed by atoms with Gasteiger partial charge in [-0.25, -0.2) is 4.79 Å². The van der Waals surface area contributed by atoms with Gasteiger partial charge >= 0.3 is 5.97 Å². The van der Waals surface area contributed by atoms with Crippen molar-refractivity contribution in [3.8, 4) is 0 Å². The predicted octanol–water partition coefficient (Wildman–Crippen LogP) is 2.16. The lowest BCUT2D eigenvalue weighted by Gasteiger charge is -2.31. The Morgan fingerprint density at radius 3 is 2.50 bits per heavy atom. The number of carboxylic acids is 1. The normalized spacial score (nSPS) is 11.1. The Hall–Kier alpha value is -1.11. The van der Waals surface area contributed by atoms with E-state index in [9.17, 15) is 9.59 Å². The number of hydrogen-bond donors (Lipinski definition) is 1. The van der Waals surface area contributed by atoms with E-state index in [2.05, 4.69) is 22.6 Å². The van der Waals surface area contributed by atoms with Crippen LogP contribution in [0.15, 0.2) is 24.3 Å². The number of nitrogens with zero attached hydrogens (tertiary/aromatic N) is 1. The van der Waals surface area contributed by atoms with Gasteiger partial charge in [-0.05, 0) is 54.1 Å². The predicted molar refractivity (Wildman–Crippen MR) is 77.3 cm³/mol. The largest absolute Gasteiger partial charge is 0.480 e. The number of amides is 1. The van der Waals surface area contributed by atoms with Gasteiger partial charge in [0.05, 0.1) is 6.42 Å². The number of benzene rings is 1. The molecule has 0 aliphatic carbocycles. The zero-order chi connectivity index (χ0) is 13.9. The molecule has 0 saturated heterocycles. The standard InChI is InChI=1S/C13H16INO3/c1-13(2,12(17)18)15(3)11(16)8-9-5-4-6-10(14)7-9/h4-7H,8H2,1-3H3,(H,17,18). The molecule has 4 nitrogen and oxygen atoms in total. The van der Waals surface area contributed by atoms with Crippen LogP contribution in [0.4, 0.5) is 0 Å². The highest BCUT2D eigenvalue weighted by Gasteiger charge is 2.34. The van der Waals surface area contributed by atoms with Crippen molar-refractivity contribution in [3.63, 3.8) is 0 Å². The van der Waals surface area contributed by atoms with Crippen molar-refractivity contribution in [2.75, 3.05) is 7.05 Å². The summed E-state index contributed by atoms with van der Waals surface area (Å²) in [4.78, 5) is 24.4. The Bertz CT molecular complexity index is 471. The fourth-order valence-corrected chi connectivity index (χ4v) is 2.00. The number of carbonyl (C=O) groups excluding carboxylic acids is 1. The second-order valence-electron chi connectivity index (χ2n) is 4.62. The molecule has 0 unspecified atom stereocenters. The van der Waals surface area contributed by atoms with Gasteiger partial charge in [0.1, 0.15) is 5.54 Å². The summed E-state index contributed by atoms with van der Waals surface area (Å²) in [5.74, 6) is -1.22. The molecule has 0 aliphatic rings. The van der Waals surface area contributed by atoms with Crippen LogP contribution in [0.3, 0.4) is 0 Å². The Kier molecular flexibility index (Phi) is 4.72. The highest BCUT2D eigenvalue weighted by molar-refractivity contribution is 14.1. The first-order valence-corrected chi connectivity index (χ1v) is 6.57. The lowest BCUT2D eigenvalue weighted by Crippen LogP contribution is -2.51. The molecule has 1 amide bonds. The maximum Gasteiger partial charge on any atom is 0.329 e. The monoisotopic (exact) mass is 361 g/mol. The van der Waals surface area contributed by atoms with Crippen molar-refractivity contribution in [2.45, 2.75) is 25.8 Å². The van der Waals surface area contributed by atoms with Crippen molar-refractivity contribution in [1.29, 1.82) is 0 Å². The average Bonchev–Trinajstić information content (AvgIpc) is 2.27. The van der Waals surface area contributed by atoms with E-state index in [4.69, 9.17) is 5.11 Å². The van der Waals surface area contributed by atoms with Crippen LogP contribution < -0.4 is 0 Å². The number of aliphatic carboxylic acids is 1. The smallest absolute Gasteiger partial charge is 0.329 e. The SMILES string of the molecule is CN(C(=O)Cc1cccc(I)c1)C(C)(C)C(=O)O. The summed E-state index contributed by atoms with van der Waals surface area (Å²) in [6, 6.07) is 7.61. The fourth-order valence-electron chi connectivity index (χ4n) is 1.40. The van der Waals surface area contributed by atoms with Crippen LogP contribution >= 0.6 is 22.6 Å². The van der Waals surface area contributed by atoms with E-state index in [0.717, 1.165) is 9.13 Å². The summed E-state index contributed by atoms with van der Waals surface area (Å²) in [6.07, 6.45) is 0.212. The van der Waals surface area contributed by atoms with Crippen molar-refractivity contribution < 1.29 is 14.7 Å². The number of carbonyl (C=O) groups is 2. The maximum absolute atomic E-state index is 12.0. The van der Waals surface area contributed by atoms with Crippen molar-refractivity contribution >= 4 is 34.5 Å². The summed E-state index contributed by atoms with van der Waals surface area (Å²) in [6.45, 7) is 3.03. The van der Waals surface area contributed by atoms with E-state index in [1.807, 2.05) is 24.3 Å². The molecule has 0 aliphatic heterocycles. The van der Waals surface area contributed by atoms with Gasteiger partial charge in [-0.2, -0.15) is 0 Å². The van der Waals surface area contributed by atoms with Crippen LogP contribution in [0, 0.1) is 3.57 Å². The number of halogens is 1. The van der Waals surface area contributed by atoms with Gasteiger partial charge in [0.25, 0.3) is 0 Å². The van der Waals surface area contributed by atoms with Crippen LogP contribution in [0.5, 0.6) is 0 Å². The molecule has 1 N–H and O–H groups in total. The van der Waals surface area contributed by atoms with Crippen LogP contribution in [-0.2, 0) is 16.0 Å². The van der Waals surface area contributed by atoms with E-state index in [0.29, 0.717) is 0 Å². The minimum Gasteiger partial charge on any atom is -0.480 e. The van der Waals surface area contributed by atoms with Gasteiger partial charge in [0.2, 0.25) is 5.91 Å². The lowest BCUT2D eigenvalue weighted by atomic mass is 10.0. The van der Waals surface area contributed by atoms with Gasteiger partial charge in [-0.15, -0.1) is 0 Å². The molecule has 0 heterocycles. The average molecular weight is 361 g/mol. The topological polar surface area (TPSA) is 57.6 Å². The molecule has 1 aromatic rings. The quantitative estimate of drug-likeness (QED) is 0.837. The molecule has 0 fully saturated rings. The fraction of sp³-hybridized carbons (Fsp3) is 0.385. The molecule has 0 bridgehead atoms. The van der Waals surface area contributed by atoms with E-state index in [1.54, 1.807) is 0 Å². The molecule has 1 rings (SSSR count). The Morgan fingerprint density at radius 2 is 2.00 bits per heavy atom. The van der Waals surface area contributed by atoms with Crippen LogP contribution in [0.1, 0.15) is 19.4 Å². The first-order valence-electron chi connectivity index (χ1n) is 5.49. The zero-order valence-electron chi connectivity index (χ0n) is 10.6. The van der Waals surface area contributed by atoms with Crippen LogP contribution in [0.2, 0.25) is 0 Å². The molecule has 98 valence electrons. The number of hydrogen-bond acceptors (Lipinski definition) is 2. The molecule has 5 heteroatoms. The van der Waals surface area contributed by atoms with Crippen LogP contribution in [0.25, 0.3) is 0 Å². The maximum atomic E-state index is 12.0. The number of carboxylic acid groups (broad SMARTS) is 1. The van der Waals surface area contributed by atoms with Gasteiger partial charge in [-0.1, -0.05) is 12.1 Å². The van der Waals surface area contributed by atoms with Gasteiger partial charge in [0, 0.05) is 10.6 Å². The highest BCUT2D eigenvalue weighted by atomic mass is 127. The van der Waals surface area contributed by atoms with Gasteiger partial charge < -0.3 is 10.0 Å². The lowest BCUT2D eigenvalue weighted by molar-refractivity contribution is -0.155.